The average Bonchev–Trinajstić information content (AvgIpc) is 3.33. The molecule has 3 aromatic rings. The van der Waals surface area contributed by atoms with Gasteiger partial charge in [-0.15, -0.1) is 20.4 Å². The van der Waals surface area contributed by atoms with Gasteiger partial charge in [0.05, 0.1) is 5.75 Å². The van der Waals surface area contributed by atoms with Crippen LogP contribution in [-0.2, 0) is 17.8 Å². The summed E-state index contributed by atoms with van der Waals surface area (Å²) in [5, 5.41) is 21.6. The molecule has 0 fully saturated rings. The standard InChI is InChI=1S/C18H24N8OS2/c1-4-15-21-23-17(29-15)20-14(27)12-28-18-24-22-16(13-6-8-19-9-7-13)26(18)11-5-10-25(2)3/h6-9H,4-5,10-12H2,1-3H3,(H,20,23,27). The summed E-state index contributed by atoms with van der Waals surface area (Å²) in [6, 6.07) is 3.82. The number of nitrogens with one attached hydrogen (secondary N) is 1. The molecule has 0 atom stereocenters. The smallest absolute Gasteiger partial charge is 0.236 e. The van der Waals surface area contributed by atoms with Crippen LogP contribution in [0.5, 0.6) is 0 Å². The molecule has 0 aliphatic carbocycles. The Hall–Kier alpha value is -2.37. The molecule has 3 rings (SSSR count). The summed E-state index contributed by atoms with van der Waals surface area (Å²) in [4.78, 5) is 18.5. The van der Waals surface area contributed by atoms with Crippen molar-refractivity contribution in [3.8, 4) is 11.4 Å². The highest BCUT2D eigenvalue weighted by Crippen LogP contribution is 2.24. The minimum absolute atomic E-state index is 0.137. The van der Waals surface area contributed by atoms with Gasteiger partial charge in [0.2, 0.25) is 11.0 Å². The molecule has 0 unspecified atom stereocenters. The van der Waals surface area contributed by atoms with Crippen LogP contribution in [0.1, 0.15) is 18.4 Å². The van der Waals surface area contributed by atoms with Gasteiger partial charge in [-0.25, -0.2) is 0 Å². The summed E-state index contributed by atoms with van der Waals surface area (Å²) < 4.78 is 2.07. The number of nitrogens with zero attached hydrogens (tertiary/aromatic N) is 7. The van der Waals surface area contributed by atoms with E-state index < -0.39 is 0 Å². The van der Waals surface area contributed by atoms with Crippen molar-refractivity contribution in [1.82, 2.24) is 34.8 Å². The van der Waals surface area contributed by atoms with E-state index in [9.17, 15) is 4.79 Å². The van der Waals surface area contributed by atoms with Crippen LogP contribution in [0.15, 0.2) is 29.7 Å². The number of aromatic nitrogens is 6. The second-order valence-corrected chi connectivity index (χ2v) is 8.55. The lowest BCUT2D eigenvalue weighted by atomic mass is 10.2. The van der Waals surface area contributed by atoms with Crippen molar-refractivity contribution < 1.29 is 4.79 Å². The quantitative estimate of drug-likeness (QED) is 0.488. The summed E-state index contributed by atoms with van der Waals surface area (Å²) in [7, 11) is 4.10. The number of amides is 1. The van der Waals surface area contributed by atoms with Crippen molar-refractivity contribution in [2.75, 3.05) is 31.7 Å². The number of pyridine rings is 1. The van der Waals surface area contributed by atoms with Crippen LogP contribution in [0.4, 0.5) is 5.13 Å². The summed E-state index contributed by atoms with van der Waals surface area (Å²) in [6.45, 7) is 3.73. The molecular weight excluding hydrogens is 408 g/mol. The third-order valence-electron chi connectivity index (χ3n) is 3.99. The van der Waals surface area contributed by atoms with Gasteiger partial charge in [0.1, 0.15) is 5.01 Å². The maximum absolute atomic E-state index is 12.3. The van der Waals surface area contributed by atoms with Crippen molar-refractivity contribution in [3.05, 3.63) is 29.5 Å². The molecule has 154 valence electrons. The fraction of sp³-hybridized carbons (Fsp3) is 0.444. The second kappa shape index (κ2) is 10.4. The molecule has 9 nitrogen and oxygen atoms in total. The van der Waals surface area contributed by atoms with Crippen LogP contribution in [0.3, 0.4) is 0 Å². The molecule has 0 radical (unpaired) electrons. The second-order valence-electron chi connectivity index (χ2n) is 6.54. The Bertz CT molecular complexity index is 925. The van der Waals surface area contributed by atoms with Gasteiger partial charge in [0, 0.05) is 24.5 Å². The molecule has 1 N–H and O–H groups in total. The maximum Gasteiger partial charge on any atom is 0.236 e. The predicted octanol–water partition coefficient (Wildman–Crippen LogP) is 2.44. The summed E-state index contributed by atoms with van der Waals surface area (Å²) >= 11 is 2.76. The lowest BCUT2D eigenvalue weighted by Crippen LogP contribution is -2.16. The van der Waals surface area contributed by atoms with Crippen molar-refractivity contribution in [1.29, 1.82) is 0 Å². The fourth-order valence-electron chi connectivity index (χ4n) is 2.59. The summed E-state index contributed by atoms with van der Waals surface area (Å²) in [6.07, 6.45) is 5.23. The van der Waals surface area contributed by atoms with Gasteiger partial charge in [-0.1, -0.05) is 30.0 Å². The molecule has 29 heavy (non-hydrogen) atoms. The van der Waals surface area contributed by atoms with Crippen molar-refractivity contribution >= 4 is 34.1 Å². The Balaban J connectivity index is 1.68. The molecule has 3 heterocycles. The number of hydrogen-bond acceptors (Lipinski definition) is 9. The Morgan fingerprint density at radius 2 is 2.00 bits per heavy atom. The van der Waals surface area contributed by atoms with Gasteiger partial charge in [-0.05, 0) is 45.6 Å². The van der Waals surface area contributed by atoms with Gasteiger partial charge < -0.3 is 9.47 Å². The SMILES string of the molecule is CCc1nnc(NC(=O)CSc2nnc(-c3ccncc3)n2CCCN(C)C)s1. The Morgan fingerprint density at radius 1 is 1.21 bits per heavy atom. The molecule has 11 heteroatoms. The number of rotatable bonds is 10. The minimum Gasteiger partial charge on any atom is -0.309 e. The van der Waals surface area contributed by atoms with E-state index in [0.29, 0.717) is 5.13 Å². The Morgan fingerprint density at radius 3 is 2.69 bits per heavy atom. The van der Waals surface area contributed by atoms with Gasteiger partial charge in [-0.2, -0.15) is 0 Å². The van der Waals surface area contributed by atoms with Gasteiger partial charge >= 0.3 is 0 Å². The molecule has 0 spiro atoms. The number of carbonyl (C=O) groups excluding carboxylic acids is 1. The van der Waals surface area contributed by atoms with Gasteiger partial charge in [-0.3, -0.25) is 15.1 Å². The van der Waals surface area contributed by atoms with Crippen molar-refractivity contribution in [3.63, 3.8) is 0 Å². The monoisotopic (exact) mass is 432 g/mol. The van der Waals surface area contributed by atoms with Gasteiger partial charge in [0.25, 0.3) is 0 Å². The first-order chi connectivity index (χ1) is 14.1. The van der Waals surface area contributed by atoms with Crippen LogP contribution in [0, 0.1) is 0 Å². The van der Waals surface area contributed by atoms with E-state index in [4.69, 9.17) is 0 Å². The third kappa shape index (κ3) is 6.05. The molecule has 0 saturated heterocycles. The molecule has 0 bridgehead atoms. The fourth-order valence-corrected chi connectivity index (χ4v) is 4.05. The van der Waals surface area contributed by atoms with Crippen LogP contribution in [0.2, 0.25) is 0 Å². The largest absolute Gasteiger partial charge is 0.309 e. The van der Waals surface area contributed by atoms with E-state index in [1.54, 1.807) is 12.4 Å². The lowest BCUT2D eigenvalue weighted by molar-refractivity contribution is -0.113. The maximum atomic E-state index is 12.3. The first kappa shape index (κ1) is 21.3. The number of carbonyl (C=O) groups is 1. The van der Waals surface area contributed by atoms with Crippen LogP contribution < -0.4 is 5.32 Å². The number of hydrogen-bond donors (Lipinski definition) is 1. The third-order valence-corrected chi connectivity index (χ3v) is 5.94. The van der Waals surface area contributed by atoms with Crippen LogP contribution >= 0.6 is 23.1 Å². The van der Waals surface area contributed by atoms with E-state index in [1.165, 1.54) is 23.1 Å². The number of thioether (sulfide) groups is 1. The normalized spacial score (nSPS) is 11.2. The highest BCUT2D eigenvalue weighted by Gasteiger charge is 2.16. The van der Waals surface area contributed by atoms with Crippen LogP contribution in [0.25, 0.3) is 11.4 Å². The predicted molar refractivity (Wildman–Crippen MR) is 115 cm³/mol. The molecule has 1 amide bonds. The molecule has 3 aromatic heterocycles. The Kier molecular flexibility index (Phi) is 7.67. The van der Waals surface area contributed by atoms with E-state index in [1.807, 2.05) is 33.2 Å². The highest BCUT2D eigenvalue weighted by molar-refractivity contribution is 7.99. The van der Waals surface area contributed by atoms with E-state index >= 15 is 0 Å². The minimum atomic E-state index is -0.137. The zero-order valence-electron chi connectivity index (χ0n) is 16.7. The lowest BCUT2D eigenvalue weighted by Gasteiger charge is -2.13. The first-order valence-corrected chi connectivity index (χ1v) is 11.1. The van der Waals surface area contributed by atoms with E-state index in [-0.39, 0.29) is 11.7 Å². The zero-order valence-corrected chi connectivity index (χ0v) is 18.3. The topological polar surface area (TPSA) is 102 Å². The zero-order chi connectivity index (χ0) is 20.6. The molecule has 0 aliphatic rings. The molecular formula is C18H24N8OS2. The van der Waals surface area contributed by atoms with Crippen molar-refractivity contribution in [2.45, 2.75) is 31.5 Å². The summed E-state index contributed by atoms with van der Waals surface area (Å²) in [5.41, 5.74) is 0.953. The van der Waals surface area contributed by atoms with Gasteiger partial charge in [0.15, 0.2) is 11.0 Å². The van der Waals surface area contributed by atoms with E-state index in [2.05, 4.69) is 40.2 Å². The average molecular weight is 433 g/mol. The molecule has 0 saturated carbocycles. The van der Waals surface area contributed by atoms with Crippen molar-refractivity contribution in [2.24, 2.45) is 0 Å². The highest BCUT2D eigenvalue weighted by atomic mass is 32.2. The summed E-state index contributed by atoms with van der Waals surface area (Å²) in [5.74, 6) is 0.872. The van der Waals surface area contributed by atoms with E-state index in [0.717, 1.165) is 47.5 Å². The molecule has 0 aliphatic heterocycles. The number of aryl methyl sites for hydroxylation is 1. The molecule has 0 aromatic carbocycles. The first-order valence-electron chi connectivity index (χ1n) is 9.30. The number of anilines is 1. The van der Waals surface area contributed by atoms with Crippen LogP contribution in [-0.4, -0.2) is 67.1 Å². The Labute approximate surface area is 178 Å².